The summed E-state index contributed by atoms with van der Waals surface area (Å²) in [6, 6.07) is 10.7. The molecular weight excluding hydrogens is 300 g/mol. The molecule has 132 valence electrons. The first kappa shape index (κ1) is 17.4. The summed E-state index contributed by atoms with van der Waals surface area (Å²) < 4.78 is 0. The van der Waals surface area contributed by atoms with Crippen LogP contribution in [0.5, 0.6) is 0 Å². The summed E-state index contributed by atoms with van der Waals surface area (Å²) >= 11 is 0. The zero-order valence-electron chi connectivity index (χ0n) is 14.5. The first-order valence-corrected chi connectivity index (χ1v) is 9.28. The van der Waals surface area contributed by atoms with Crippen LogP contribution in [0.15, 0.2) is 30.3 Å². The summed E-state index contributed by atoms with van der Waals surface area (Å²) in [6.07, 6.45) is 1.95. The Kier molecular flexibility index (Phi) is 6.64. The van der Waals surface area contributed by atoms with E-state index in [0.717, 1.165) is 71.7 Å². The zero-order valence-corrected chi connectivity index (χ0v) is 14.5. The van der Waals surface area contributed by atoms with E-state index in [2.05, 4.69) is 50.8 Å². The highest BCUT2D eigenvalue weighted by Crippen LogP contribution is 2.11. The van der Waals surface area contributed by atoms with Gasteiger partial charge in [0.2, 0.25) is 5.91 Å². The lowest BCUT2D eigenvalue weighted by Gasteiger charge is -2.34. The molecule has 2 saturated heterocycles. The van der Waals surface area contributed by atoms with Crippen molar-refractivity contribution in [3.05, 3.63) is 35.9 Å². The summed E-state index contributed by atoms with van der Waals surface area (Å²) in [5, 5.41) is 6.43. The second kappa shape index (κ2) is 9.16. The Bertz CT molecular complexity index is 493. The summed E-state index contributed by atoms with van der Waals surface area (Å²) in [4.78, 5) is 17.1. The van der Waals surface area contributed by atoms with Gasteiger partial charge in [-0.2, -0.15) is 0 Å². The number of hydrogen-bond acceptors (Lipinski definition) is 4. The molecule has 1 aromatic rings. The Morgan fingerprint density at radius 3 is 2.42 bits per heavy atom. The molecule has 3 rings (SSSR count). The van der Waals surface area contributed by atoms with Gasteiger partial charge in [-0.25, -0.2) is 0 Å². The van der Waals surface area contributed by atoms with E-state index in [9.17, 15) is 4.79 Å². The predicted molar refractivity (Wildman–Crippen MR) is 96.8 cm³/mol. The van der Waals surface area contributed by atoms with Crippen LogP contribution in [0.1, 0.15) is 18.4 Å². The van der Waals surface area contributed by atoms with Crippen LogP contribution in [0.4, 0.5) is 0 Å². The van der Waals surface area contributed by atoms with E-state index in [1.165, 1.54) is 5.56 Å². The molecule has 2 N–H and O–H groups in total. The molecule has 0 spiro atoms. The Morgan fingerprint density at radius 1 is 1.04 bits per heavy atom. The molecular formula is C19H30N4O. The van der Waals surface area contributed by atoms with Crippen LogP contribution in [0.3, 0.4) is 0 Å². The summed E-state index contributed by atoms with van der Waals surface area (Å²) in [6.45, 7) is 9.14. The highest BCUT2D eigenvalue weighted by molar-refractivity contribution is 5.78. The summed E-state index contributed by atoms with van der Waals surface area (Å²) in [5.41, 5.74) is 1.39. The number of carbonyl (C=O) groups is 1. The van der Waals surface area contributed by atoms with Gasteiger partial charge in [-0.3, -0.25) is 14.6 Å². The lowest BCUT2D eigenvalue weighted by Crippen LogP contribution is -2.48. The van der Waals surface area contributed by atoms with Crippen molar-refractivity contribution in [1.29, 1.82) is 0 Å². The summed E-state index contributed by atoms with van der Waals surface area (Å²) in [5.74, 6) is 0.466. The molecule has 24 heavy (non-hydrogen) atoms. The minimum absolute atomic E-state index is 0.217. The minimum atomic E-state index is 0.217. The third kappa shape index (κ3) is 5.30. The average Bonchev–Trinajstić information content (AvgIpc) is 2.65. The third-order valence-electron chi connectivity index (χ3n) is 5.15. The molecule has 1 amide bonds. The molecule has 5 heteroatoms. The number of piperazine rings is 1. The SMILES string of the molecule is O=C(NCCN1CCN(Cc2ccccc2)CC1)C1CCNCC1. The molecule has 0 aromatic heterocycles. The molecule has 1 aromatic carbocycles. The molecule has 0 radical (unpaired) electrons. The van der Waals surface area contributed by atoms with Crippen LogP contribution in [-0.2, 0) is 11.3 Å². The number of piperidine rings is 1. The monoisotopic (exact) mass is 330 g/mol. The number of nitrogens with one attached hydrogen (secondary N) is 2. The van der Waals surface area contributed by atoms with Gasteiger partial charge in [-0.15, -0.1) is 0 Å². The molecule has 2 heterocycles. The summed E-state index contributed by atoms with van der Waals surface area (Å²) in [7, 11) is 0. The minimum Gasteiger partial charge on any atom is -0.355 e. The maximum absolute atomic E-state index is 12.1. The Labute approximate surface area is 145 Å². The van der Waals surface area contributed by atoms with Gasteiger partial charge in [0.25, 0.3) is 0 Å². The molecule has 0 unspecified atom stereocenters. The molecule has 0 aliphatic carbocycles. The number of nitrogens with zero attached hydrogens (tertiary/aromatic N) is 2. The van der Waals surface area contributed by atoms with Gasteiger partial charge >= 0.3 is 0 Å². The fourth-order valence-electron chi connectivity index (χ4n) is 3.58. The fraction of sp³-hybridized carbons (Fsp3) is 0.632. The van der Waals surface area contributed by atoms with Crippen molar-refractivity contribution >= 4 is 5.91 Å². The second-order valence-electron chi connectivity index (χ2n) is 6.92. The maximum Gasteiger partial charge on any atom is 0.223 e. The van der Waals surface area contributed by atoms with Gasteiger partial charge in [0.05, 0.1) is 0 Å². The van der Waals surface area contributed by atoms with Crippen LogP contribution in [-0.4, -0.2) is 68.1 Å². The Balaban J connectivity index is 1.30. The second-order valence-corrected chi connectivity index (χ2v) is 6.92. The number of carbonyl (C=O) groups excluding carboxylic acids is 1. The molecule has 2 fully saturated rings. The predicted octanol–water partition coefficient (Wildman–Crippen LogP) is 0.920. The average molecular weight is 330 g/mol. The fourth-order valence-corrected chi connectivity index (χ4v) is 3.58. The molecule has 2 aliphatic heterocycles. The van der Waals surface area contributed by atoms with Crippen LogP contribution >= 0.6 is 0 Å². The van der Waals surface area contributed by atoms with Crippen LogP contribution in [0.25, 0.3) is 0 Å². The van der Waals surface area contributed by atoms with Gasteiger partial charge in [-0.1, -0.05) is 30.3 Å². The molecule has 0 saturated carbocycles. The van der Waals surface area contributed by atoms with Gasteiger partial charge in [-0.05, 0) is 31.5 Å². The largest absolute Gasteiger partial charge is 0.355 e. The highest BCUT2D eigenvalue weighted by atomic mass is 16.1. The lowest BCUT2D eigenvalue weighted by atomic mass is 9.97. The van der Waals surface area contributed by atoms with Crippen molar-refractivity contribution in [3.8, 4) is 0 Å². The Morgan fingerprint density at radius 2 is 1.71 bits per heavy atom. The van der Waals surface area contributed by atoms with Crippen LogP contribution < -0.4 is 10.6 Å². The van der Waals surface area contributed by atoms with E-state index >= 15 is 0 Å². The van der Waals surface area contributed by atoms with E-state index in [1.54, 1.807) is 0 Å². The number of rotatable bonds is 6. The van der Waals surface area contributed by atoms with E-state index in [-0.39, 0.29) is 11.8 Å². The first-order chi connectivity index (χ1) is 11.8. The number of amides is 1. The van der Waals surface area contributed by atoms with Crippen LogP contribution in [0, 0.1) is 5.92 Å². The molecule has 2 aliphatic rings. The standard InChI is InChI=1S/C19H30N4O/c24-19(18-6-8-20-9-7-18)21-10-11-22-12-14-23(15-13-22)16-17-4-2-1-3-5-17/h1-5,18,20H,6-16H2,(H,21,24). The van der Waals surface area contributed by atoms with Crippen molar-refractivity contribution < 1.29 is 4.79 Å². The van der Waals surface area contributed by atoms with E-state index in [1.807, 2.05) is 0 Å². The van der Waals surface area contributed by atoms with Crippen LogP contribution in [0.2, 0.25) is 0 Å². The van der Waals surface area contributed by atoms with Gasteiger partial charge in [0, 0.05) is 51.7 Å². The number of hydrogen-bond donors (Lipinski definition) is 2. The van der Waals surface area contributed by atoms with Crippen molar-refractivity contribution in [3.63, 3.8) is 0 Å². The Hall–Kier alpha value is -1.43. The van der Waals surface area contributed by atoms with Crippen molar-refractivity contribution in [2.24, 2.45) is 5.92 Å². The number of benzene rings is 1. The van der Waals surface area contributed by atoms with Crippen molar-refractivity contribution in [2.75, 3.05) is 52.4 Å². The van der Waals surface area contributed by atoms with Gasteiger partial charge < -0.3 is 10.6 Å². The topological polar surface area (TPSA) is 47.6 Å². The first-order valence-electron chi connectivity index (χ1n) is 9.28. The van der Waals surface area contributed by atoms with Crippen molar-refractivity contribution in [2.45, 2.75) is 19.4 Å². The normalized spacial score (nSPS) is 20.8. The smallest absolute Gasteiger partial charge is 0.223 e. The van der Waals surface area contributed by atoms with E-state index in [4.69, 9.17) is 0 Å². The van der Waals surface area contributed by atoms with Crippen molar-refractivity contribution in [1.82, 2.24) is 20.4 Å². The highest BCUT2D eigenvalue weighted by Gasteiger charge is 2.21. The van der Waals surface area contributed by atoms with E-state index < -0.39 is 0 Å². The molecule has 5 nitrogen and oxygen atoms in total. The molecule has 0 atom stereocenters. The van der Waals surface area contributed by atoms with Gasteiger partial charge in [0.1, 0.15) is 0 Å². The maximum atomic E-state index is 12.1. The molecule has 0 bridgehead atoms. The third-order valence-corrected chi connectivity index (χ3v) is 5.15. The van der Waals surface area contributed by atoms with Gasteiger partial charge in [0.15, 0.2) is 0 Å². The van der Waals surface area contributed by atoms with E-state index in [0.29, 0.717) is 0 Å². The zero-order chi connectivity index (χ0) is 16.6. The quantitative estimate of drug-likeness (QED) is 0.814. The lowest BCUT2D eigenvalue weighted by molar-refractivity contribution is -0.125.